The number of aromatic amines is 1. The summed E-state index contributed by atoms with van der Waals surface area (Å²) < 4.78 is 0. The minimum Gasteiger partial charge on any atom is -0.360 e. The molecule has 8 nitrogen and oxygen atoms in total. The van der Waals surface area contributed by atoms with Gasteiger partial charge in [-0.3, -0.25) is 14.6 Å². The van der Waals surface area contributed by atoms with Crippen molar-refractivity contribution in [3.8, 4) is 0 Å². The van der Waals surface area contributed by atoms with Crippen LogP contribution in [0.4, 0.5) is 5.69 Å². The molecule has 2 amide bonds. The number of rotatable bonds is 3. The Morgan fingerprint density at radius 3 is 2.75 bits per heavy atom. The van der Waals surface area contributed by atoms with E-state index < -0.39 is 0 Å². The molecule has 8 heteroatoms. The number of hydrogen-bond acceptors (Lipinski definition) is 5. The monoisotopic (exact) mass is 378 g/mol. The molecule has 0 radical (unpaired) electrons. The predicted molar refractivity (Wildman–Crippen MR) is 106 cm³/mol. The van der Waals surface area contributed by atoms with E-state index >= 15 is 0 Å². The van der Waals surface area contributed by atoms with Crippen LogP contribution < -0.4 is 5.01 Å². The lowest BCUT2D eigenvalue weighted by atomic mass is 10.1. The molecule has 2 aromatic heterocycles. The largest absolute Gasteiger partial charge is 0.360 e. The number of likely N-dealkylation sites (N-methyl/N-ethyl adjacent to an activating group) is 1. The molecule has 28 heavy (non-hydrogen) atoms. The average Bonchev–Trinajstić information content (AvgIpc) is 3.24. The Morgan fingerprint density at radius 2 is 2.07 bits per heavy atom. The van der Waals surface area contributed by atoms with E-state index in [9.17, 15) is 9.59 Å². The topological polar surface area (TPSA) is 84.9 Å². The maximum absolute atomic E-state index is 13.0. The molecule has 1 fully saturated rings. The number of H-pyrrole nitrogens is 1. The van der Waals surface area contributed by atoms with Crippen LogP contribution in [0.15, 0.2) is 47.8 Å². The summed E-state index contributed by atoms with van der Waals surface area (Å²) in [7, 11) is 1.75. The lowest BCUT2D eigenvalue weighted by Crippen LogP contribution is -2.52. The molecule has 0 aromatic carbocycles. The molecule has 0 unspecified atom stereocenters. The zero-order chi connectivity index (χ0) is 19.7. The first-order valence-electron chi connectivity index (χ1n) is 9.20. The number of allylic oxidation sites excluding steroid dienone is 1. The second kappa shape index (κ2) is 7.30. The highest BCUT2D eigenvalue weighted by Gasteiger charge is 2.30. The molecule has 0 saturated carbocycles. The van der Waals surface area contributed by atoms with Crippen molar-refractivity contribution in [2.45, 2.75) is 13.3 Å². The van der Waals surface area contributed by atoms with E-state index in [0.29, 0.717) is 25.2 Å². The van der Waals surface area contributed by atoms with Crippen LogP contribution in [0.3, 0.4) is 0 Å². The first-order chi connectivity index (χ1) is 13.5. The molecule has 4 rings (SSSR count). The Hall–Kier alpha value is -3.42. The Morgan fingerprint density at radius 1 is 1.21 bits per heavy atom. The molecule has 2 aliphatic rings. The number of aryl methyl sites for hydroxylation is 1. The summed E-state index contributed by atoms with van der Waals surface area (Å²) in [5.74, 6) is -0.258. The minimum atomic E-state index is -0.201. The maximum Gasteiger partial charge on any atom is 0.270 e. The van der Waals surface area contributed by atoms with Crippen molar-refractivity contribution in [1.82, 2.24) is 19.8 Å². The number of hydrogen-bond donors (Lipinski definition) is 1. The number of pyridine rings is 1. The molecular weight excluding hydrogens is 356 g/mol. The van der Waals surface area contributed by atoms with Crippen molar-refractivity contribution >= 4 is 28.9 Å². The highest BCUT2D eigenvalue weighted by Crippen LogP contribution is 2.29. The summed E-state index contributed by atoms with van der Waals surface area (Å²) in [4.78, 5) is 35.7. The van der Waals surface area contributed by atoms with Crippen molar-refractivity contribution in [3.63, 3.8) is 0 Å². The van der Waals surface area contributed by atoms with Gasteiger partial charge in [0.2, 0.25) is 5.91 Å². The van der Waals surface area contributed by atoms with Crippen LogP contribution in [0.25, 0.3) is 5.70 Å². The van der Waals surface area contributed by atoms with Gasteiger partial charge in [0.05, 0.1) is 23.3 Å². The molecule has 0 aliphatic carbocycles. The van der Waals surface area contributed by atoms with E-state index in [0.717, 1.165) is 22.8 Å². The number of hydrazone groups is 1. The molecule has 2 aliphatic heterocycles. The van der Waals surface area contributed by atoms with Crippen LogP contribution in [0, 0.1) is 6.92 Å². The summed E-state index contributed by atoms with van der Waals surface area (Å²) in [6.45, 7) is 3.06. The van der Waals surface area contributed by atoms with Gasteiger partial charge in [-0.25, -0.2) is 5.01 Å². The molecule has 144 valence electrons. The number of anilines is 1. The van der Waals surface area contributed by atoms with E-state index in [-0.39, 0.29) is 18.4 Å². The summed E-state index contributed by atoms with van der Waals surface area (Å²) in [5.41, 5.74) is 3.86. The van der Waals surface area contributed by atoms with E-state index in [4.69, 9.17) is 0 Å². The fourth-order valence-corrected chi connectivity index (χ4v) is 3.24. The lowest BCUT2D eigenvalue weighted by molar-refractivity contribution is -0.140. The Bertz CT molecular complexity index is 946. The highest BCUT2D eigenvalue weighted by atomic mass is 16.2. The summed E-state index contributed by atoms with van der Waals surface area (Å²) in [6.07, 6.45) is 5.97. The number of carbonyl (C=O) groups is 2. The maximum atomic E-state index is 13.0. The van der Waals surface area contributed by atoms with Crippen molar-refractivity contribution in [2.24, 2.45) is 5.10 Å². The molecular formula is C20H22N6O2. The van der Waals surface area contributed by atoms with Gasteiger partial charge in [-0.2, -0.15) is 5.10 Å². The number of piperazine rings is 1. The van der Waals surface area contributed by atoms with E-state index in [1.807, 2.05) is 43.5 Å². The van der Waals surface area contributed by atoms with Gasteiger partial charge < -0.3 is 14.8 Å². The van der Waals surface area contributed by atoms with Gasteiger partial charge in [0, 0.05) is 38.4 Å². The third kappa shape index (κ3) is 3.40. The van der Waals surface area contributed by atoms with Gasteiger partial charge in [-0.05, 0) is 31.2 Å². The van der Waals surface area contributed by atoms with Gasteiger partial charge >= 0.3 is 0 Å². The third-order valence-electron chi connectivity index (χ3n) is 4.94. The first-order valence-corrected chi connectivity index (χ1v) is 9.20. The standard InChI is InChI=1S/C20H22N6O2/c1-14-5-6-15(12-22-14)26-18(16-4-3-9-21-16)8-7-17(23-26)20(28)25-11-10-24(2)19(27)13-25/h3-6,8-9,12,21H,7,10-11,13H2,1-2H3. The van der Waals surface area contributed by atoms with Crippen LogP contribution in [0.1, 0.15) is 17.8 Å². The third-order valence-corrected chi connectivity index (χ3v) is 4.94. The van der Waals surface area contributed by atoms with Gasteiger partial charge in [-0.1, -0.05) is 6.08 Å². The number of amides is 2. The number of aromatic nitrogens is 2. The van der Waals surface area contributed by atoms with Gasteiger partial charge in [-0.15, -0.1) is 0 Å². The Kier molecular flexibility index (Phi) is 4.68. The van der Waals surface area contributed by atoms with Gasteiger partial charge in [0.15, 0.2) is 0 Å². The average molecular weight is 378 g/mol. The summed E-state index contributed by atoms with van der Waals surface area (Å²) in [5, 5.41) is 6.37. The second-order valence-corrected chi connectivity index (χ2v) is 6.94. The van der Waals surface area contributed by atoms with E-state index in [1.54, 1.807) is 28.1 Å². The van der Waals surface area contributed by atoms with E-state index in [1.165, 1.54) is 0 Å². The van der Waals surface area contributed by atoms with Crippen LogP contribution >= 0.6 is 0 Å². The van der Waals surface area contributed by atoms with Crippen molar-refractivity contribution in [2.75, 3.05) is 31.7 Å². The smallest absolute Gasteiger partial charge is 0.270 e. The van der Waals surface area contributed by atoms with Crippen LogP contribution in [0.5, 0.6) is 0 Å². The van der Waals surface area contributed by atoms with Crippen molar-refractivity contribution in [1.29, 1.82) is 0 Å². The molecule has 1 N–H and O–H groups in total. The zero-order valence-electron chi connectivity index (χ0n) is 15.9. The van der Waals surface area contributed by atoms with E-state index in [2.05, 4.69) is 15.1 Å². The number of nitrogens with zero attached hydrogens (tertiary/aromatic N) is 5. The molecule has 4 heterocycles. The minimum absolute atomic E-state index is 0.0572. The van der Waals surface area contributed by atoms with Gasteiger partial charge in [0.1, 0.15) is 12.3 Å². The number of carbonyl (C=O) groups excluding carboxylic acids is 2. The first kappa shape index (κ1) is 18.0. The Labute approximate surface area is 163 Å². The highest BCUT2D eigenvalue weighted by molar-refractivity contribution is 6.40. The van der Waals surface area contributed by atoms with Crippen molar-refractivity contribution < 1.29 is 9.59 Å². The fraction of sp³-hybridized carbons (Fsp3) is 0.300. The lowest BCUT2D eigenvalue weighted by Gasteiger charge is -2.33. The molecule has 0 bridgehead atoms. The van der Waals surface area contributed by atoms with Crippen LogP contribution in [0.2, 0.25) is 0 Å². The predicted octanol–water partition coefficient (Wildman–Crippen LogP) is 1.63. The Balaban J connectivity index is 1.64. The molecule has 0 atom stereocenters. The number of nitrogens with one attached hydrogen (secondary N) is 1. The quantitative estimate of drug-likeness (QED) is 0.880. The molecule has 0 spiro atoms. The van der Waals surface area contributed by atoms with Gasteiger partial charge in [0.25, 0.3) is 5.91 Å². The molecule has 1 saturated heterocycles. The summed E-state index contributed by atoms with van der Waals surface area (Å²) >= 11 is 0. The second-order valence-electron chi connectivity index (χ2n) is 6.94. The van der Waals surface area contributed by atoms with Crippen LogP contribution in [-0.4, -0.2) is 64.0 Å². The zero-order valence-corrected chi connectivity index (χ0v) is 15.9. The molecule has 2 aromatic rings. The SMILES string of the molecule is Cc1ccc(N2N=C(C(=O)N3CCN(C)C(=O)C3)CC=C2c2ccc[nH]2)cn1. The van der Waals surface area contributed by atoms with Crippen molar-refractivity contribution in [3.05, 3.63) is 54.1 Å². The normalized spacial score (nSPS) is 17.5. The van der Waals surface area contributed by atoms with Crippen LogP contribution in [-0.2, 0) is 9.59 Å². The summed E-state index contributed by atoms with van der Waals surface area (Å²) in [6, 6.07) is 7.71. The fourth-order valence-electron chi connectivity index (χ4n) is 3.24.